The Hall–Kier alpha value is -3.18. The molecule has 0 aliphatic rings. The minimum atomic E-state index is -3.77. The number of sulfonamides is 1. The third-order valence-corrected chi connectivity index (χ3v) is 6.19. The van der Waals surface area contributed by atoms with E-state index in [1.54, 1.807) is 31.5 Å². The van der Waals surface area contributed by atoms with Crippen molar-refractivity contribution in [3.8, 4) is 17.3 Å². The molecule has 0 saturated heterocycles. The number of anilines is 1. The highest BCUT2D eigenvalue weighted by Gasteiger charge is 2.20. The molecule has 2 heterocycles. The zero-order chi connectivity index (χ0) is 23.1. The van der Waals surface area contributed by atoms with Crippen molar-refractivity contribution in [3.63, 3.8) is 0 Å². The quantitative estimate of drug-likeness (QED) is 0.419. The molecule has 3 aromatic rings. The molecule has 11 heteroatoms. The second-order valence-electron chi connectivity index (χ2n) is 6.85. The maximum Gasteiger partial charge on any atom is 0.244 e. The highest BCUT2D eigenvalue weighted by atomic mass is 32.2. The van der Waals surface area contributed by atoms with E-state index in [0.717, 1.165) is 11.4 Å². The van der Waals surface area contributed by atoms with Gasteiger partial charge in [0.05, 0.1) is 18.9 Å². The van der Waals surface area contributed by atoms with Crippen molar-refractivity contribution in [1.82, 2.24) is 24.2 Å². The van der Waals surface area contributed by atoms with E-state index in [1.807, 2.05) is 25.3 Å². The molecule has 0 fully saturated rings. The number of hydrogen-bond acceptors (Lipinski definition) is 8. The molecule has 0 bridgehead atoms. The van der Waals surface area contributed by atoms with Crippen LogP contribution in [0.1, 0.15) is 25.2 Å². The van der Waals surface area contributed by atoms with Gasteiger partial charge in [-0.2, -0.15) is 0 Å². The van der Waals surface area contributed by atoms with Crippen molar-refractivity contribution in [2.45, 2.75) is 32.6 Å². The summed E-state index contributed by atoms with van der Waals surface area (Å²) in [4.78, 5) is 12.8. The molecule has 172 valence electrons. The molecule has 1 aromatic carbocycles. The number of nitrogens with zero attached hydrogens (tertiary/aromatic N) is 4. The van der Waals surface area contributed by atoms with Crippen LogP contribution in [0.2, 0.25) is 0 Å². The Morgan fingerprint density at radius 3 is 2.47 bits per heavy atom. The Bertz CT molecular complexity index is 1160. The van der Waals surface area contributed by atoms with Crippen LogP contribution in [0.3, 0.4) is 0 Å². The molecule has 0 amide bonds. The highest BCUT2D eigenvalue weighted by Crippen LogP contribution is 2.28. The monoisotopic (exact) mass is 460 g/mol. The number of nitrogens with one attached hydrogen (secondary N) is 2. The van der Waals surface area contributed by atoms with E-state index in [2.05, 4.69) is 25.0 Å². The van der Waals surface area contributed by atoms with Gasteiger partial charge in [0.25, 0.3) is 0 Å². The Morgan fingerprint density at radius 2 is 1.78 bits per heavy atom. The van der Waals surface area contributed by atoms with E-state index < -0.39 is 10.0 Å². The molecule has 0 aliphatic carbocycles. The van der Waals surface area contributed by atoms with Gasteiger partial charge in [-0.15, -0.1) is 0 Å². The van der Waals surface area contributed by atoms with Crippen LogP contribution in [-0.2, 0) is 10.0 Å². The van der Waals surface area contributed by atoms with Gasteiger partial charge in [-0.3, -0.25) is 4.57 Å². The molecular weight excluding hydrogens is 432 g/mol. The van der Waals surface area contributed by atoms with Gasteiger partial charge in [-0.1, -0.05) is 0 Å². The third kappa shape index (κ3) is 5.54. The summed E-state index contributed by atoms with van der Waals surface area (Å²) in [5.74, 6) is 2.07. The summed E-state index contributed by atoms with van der Waals surface area (Å²) in [6, 6.07) is 6.46. The SMILES string of the molecule is CCOc1ccc(S(=O)(=O)NCCNc2cc(-n3cnc(C)c3C)ncn2)c(OCC)c1. The topological polar surface area (TPSA) is 120 Å². The lowest BCUT2D eigenvalue weighted by molar-refractivity contribution is 0.317. The van der Waals surface area contributed by atoms with Crippen LogP contribution in [0, 0.1) is 13.8 Å². The smallest absolute Gasteiger partial charge is 0.244 e. The summed E-state index contributed by atoms with van der Waals surface area (Å²) in [6.45, 7) is 8.85. The minimum Gasteiger partial charge on any atom is -0.494 e. The lowest BCUT2D eigenvalue weighted by Crippen LogP contribution is -2.29. The van der Waals surface area contributed by atoms with Gasteiger partial charge in [-0.25, -0.2) is 28.1 Å². The molecule has 0 aliphatic heterocycles. The molecule has 2 N–H and O–H groups in total. The predicted molar refractivity (Wildman–Crippen MR) is 121 cm³/mol. The van der Waals surface area contributed by atoms with Gasteiger partial charge in [0.15, 0.2) is 0 Å². The van der Waals surface area contributed by atoms with E-state index >= 15 is 0 Å². The first-order valence-electron chi connectivity index (χ1n) is 10.3. The molecule has 32 heavy (non-hydrogen) atoms. The summed E-state index contributed by atoms with van der Waals surface area (Å²) in [5, 5.41) is 3.11. The zero-order valence-electron chi connectivity index (χ0n) is 18.6. The number of rotatable bonds is 11. The molecule has 0 spiro atoms. The van der Waals surface area contributed by atoms with Crippen LogP contribution in [0.15, 0.2) is 41.8 Å². The van der Waals surface area contributed by atoms with Gasteiger partial charge in [0.1, 0.15) is 40.7 Å². The van der Waals surface area contributed by atoms with Crippen molar-refractivity contribution < 1.29 is 17.9 Å². The van der Waals surface area contributed by atoms with Crippen molar-refractivity contribution in [2.24, 2.45) is 0 Å². The van der Waals surface area contributed by atoms with Crippen LogP contribution >= 0.6 is 0 Å². The molecule has 3 rings (SSSR count). The first-order chi connectivity index (χ1) is 15.4. The number of imidazole rings is 1. The normalized spacial score (nSPS) is 11.4. The Labute approximate surface area is 188 Å². The number of benzene rings is 1. The fraction of sp³-hybridized carbons (Fsp3) is 0.381. The fourth-order valence-electron chi connectivity index (χ4n) is 2.99. The van der Waals surface area contributed by atoms with Gasteiger partial charge in [0, 0.05) is 30.9 Å². The largest absolute Gasteiger partial charge is 0.494 e. The molecule has 0 radical (unpaired) electrons. The maximum absolute atomic E-state index is 12.8. The van der Waals surface area contributed by atoms with Crippen LogP contribution < -0.4 is 19.5 Å². The second-order valence-corrected chi connectivity index (χ2v) is 8.58. The summed E-state index contributed by atoms with van der Waals surface area (Å²) >= 11 is 0. The van der Waals surface area contributed by atoms with Crippen molar-refractivity contribution in [3.05, 3.63) is 48.3 Å². The lowest BCUT2D eigenvalue weighted by atomic mass is 10.3. The number of aryl methyl sites for hydroxylation is 1. The van der Waals surface area contributed by atoms with E-state index in [4.69, 9.17) is 9.47 Å². The number of aromatic nitrogens is 4. The minimum absolute atomic E-state index is 0.0677. The van der Waals surface area contributed by atoms with Crippen molar-refractivity contribution >= 4 is 15.8 Å². The Morgan fingerprint density at radius 1 is 1.00 bits per heavy atom. The van der Waals surface area contributed by atoms with E-state index in [9.17, 15) is 8.42 Å². The molecule has 0 saturated carbocycles. The molecule has 2 aromatic heterocycles. The highest BCUT2D eigenvalue weighted by molar-refractivity contribution is 7.89. The standard InChI is InChI=1S/C21H28N6O4S/c1-5-30-17-7-8-19(18(11-17)31-6-2)32(28,29)26-10-9-22-20-12-21(24-13-23-20)27-14-25-15(3)16(27)4/h7-8,11-14,26H,5-6,9-10H2,1-4H3,(H,22,23,24). The molecule has 0 atom stereocenters. The van der Waals surface area contributed by atoms with E-state index in [1.165, 1.54) is 12.4 Å². The van der Waals surface area contributed by atoms with Gasteiger partial charge >= 0.3 is 0 Å². The van der Waals surface area contributed by atoms with Gasteiger partial charge in [-0.05, 0) is 39.8 Å². The Kier molecular flexibility index (Phi) is 7.65. The van der Waals surface area contributed by atoms with Crippen molar-refractivity contribution in [1.29, 1.82) is 0 Å². The first kappa shape index (κ1) is 23.5. The lowest BCUT2D eigenvalue weighted by Gasteiger charge is -2.14. The van der Waals surface area contributed by atoms with Crippen LogP contribution in [-0.4, -0.2) is 54.2 Å². The first-order valence-corrected chi connectivity index (χ1v) is 11.8. The maximum atomic E-state index is 12.8. The van der Waals surface area contributed by atoms with Gasteiger partial charge in [0.2, 0.25) is 10.0 Å². The van der Waals surface area contributed by atoms with Crippen LogP contribution in [0.25, 0.3) is 5.82 Å². The summed E-state index contributed by atoms with van der Waals surface area (Å²) in [5.41, 5.74) is 1.91. The van der Waals surface area contributed by atoms with E-state index in [0.29, 0.717) is 37.1 Å². The van der Waals surface area contributed by atoms with Crippen LogP contribution in [0.4, 0.5) is 5.82 Å². The number of ether oxygens (including phenoxy) is 2. The number of hydrogen-bond donors (Lipinski definition) is 2. The molecular formula is C21H28N6O4S. The second kappa shape index (κ2) is 10.4. The van der Waals surface area contributed by atoms with Crippen LogP contribution in [0.5, 0.6) is 11.5 Å². The Balaban J connectivity index is 1.63. The molecule has 10 nitrogen and oxygen atoms in total. The van der Waals surface area contributed by atoms with Gasteiger partial charge < -0.3 is 14.8 Å². The zero-order valence-corrected chi connectivity index (χ0v) is 19.4. The van der Waals surface area contributed by atoms with Crippen molar-refractivity contribution in [2.75, 3.05) is 31.6 Å². The van der Waals surface area contributed by atoms with E-state index in [-0.39, 0.29) is 17.2 Å². The third-order valence-electron chi connectivity index (χ3n) is 4.69. The average Bonchev–Trinajstić information content (AvgIpc) is 3.10. The fourth-order valence-corrected chi connectivity index (χ4v) is 4.15. The molecule has 0 unspecified atom stereocenters. The predicted octanol–water partition coefficient (Wildman–Crippen LogP) is 2.47. The summed E-state index contributed by atoms with van der Waals surface area (Å²) < 4.78 is 41.0. The summed E-state index contributed by atoms with van der Waals surface area (Å²) in [6.07, 6.45) is 3.16. The summed E-state index contributed by atoms with van der Waals surface area (Å²) in [7, 11) is -3.77. The average molecular weight is 461 g/mol.